The van der Waals surface area contributed by atoms with Gasteiger partial charge in [-0.15, -0.1) is 24.0 Å². The number of halogens is 1. The molecule has 8 heteroatoms. The van der Waals surface area contributed by atoms with Crippen LogP contribution in [0.3, 0.4) is 0 Å². The van der Waals surface area contributed by atoms with Gasteiger partial charge in [0.2, 0.25) is 0 Å². The lowest BCUT2D eigenvalue weighted by atomic mass is 10.1. The standard InChI is InChI=1S/C25H34N4O3.HI/c1-2-26-25(27-16-6-18-31-22-7-4-3-5-8-22)28-17-15-20-9-13-23(14-10-20)32-19-24(30)29-21-11-12-21;/h3-5,7-10,13-14,21H,2,6,11-12,15-19H2,1H3,(H,29,30)(H2,26,27,28);1H. The molecular weight excluding hydrogens is 531 g/mol. The zero-order chi connectivity index (χ0) is 22.4. The molecule has 1 amide bonds. The van der Waals surface area contributed by atoms with Gasteiger partial charge in [-0.3, -0.25) is 9.79 Å². The molecule has 1 fully saturated rings. The van der Waals surface area contributed by atoms with Crippen molar-refractivity contribution in [2.45, 2.75) is 38.6 Å². The molecule has 2 aromatic carbocycles. The summed E-state index contributed by atoms with van der Waals surface area (Å²) in [5.74, 6) is 2.36. The second-order valence-electron chi connectivity index (χ2n) is 7.73. The highest BCUT2D eigenvalue weighted by molar-refractivity contribution is 14.0. The summed E-state index contributed by atoms with van der Waals surface area (Å²) in [7, 11) is 0. The molecule has 0 unspecified atom stereocenters. The second kappa shape index (κ2) is 15.4. The highest BCUT2D eigenvalue weighted by atomic mass is 127. The van der Waals surface area contributed by atoms with Gasteiger partial charge in [0.15, 0.2) is 12.6 Å². The first-order chi connectivity index (χ1) is 15.7. The summed E-state index contributed by atoms with van der Waals surface area (Å²) < 4.78 is 11.3. The summed E-state index contributed by atoms with van der Waals surface area (Å²) in [5, 5.41) is 9.56. The van der Waals surface area contributed by atoms with Gasteiger partial charge in [0.25, 0.3) is 5.91 Å². The van der Waals surface area contributed by atoms with Crippen LogP contribution in [0.2, 0.25) is 0 Å². The number of hydrogen-bond acceptors (Lipinski definition) is 4. The van der Waals surface area contributed by atoms with E-state index in [0.29, 0.717) is 24.9 Å². The molecule has 1 saturated carbocycles. The largest absolute Gasteiger partial charge is 0.494 e. The lowest BCUT2D eigenvalue weighted by molar-refractivity contribution is -0.123. The number of amides is 1. The van der Waals surface area contributed by atoms with Gasteiger partial charge in [0.1, 0.15) is 11.5 Å². The van der Waals surface area contributed by atoms with E-state index in [1.54, 1.807) is 0 Å². The molecule has 0 aliphatic heterocycles. The van der Waals surface area contributed by atoms with Crippen molar-refractivity contribution in [1.29, 1.82) is 0 Å². The van der Waals surface area contributed by atoms with Crippen LogP contribution in [0.5, 0.6) is 11.5 Å². The Balaban J connectivity index is 0.00000385. The molecule has 0 heterocycles. The third-order valence-electron chi connectivity index (χ3n) is 4.87. The molecule has 0 radical (unpaired) electrons. The summed E-state index contributed by atoms with van der Waals surface area (Å²) >= 11 is 0. The summed E-state index contributed by atoms with van der Waals surface area (Å²) in [6, 6.07) is 18.1. The zero-order valence-electron chi connectivity index (χ0n) is 19.2. The number of carbonyl (C=O) groups excluding carboxylic acids is 1. The Labute approximate surface area is 213 Å². The molecule has 0 spiro atoms. The number of benzene rings is 2. The highest BCUT2D eigenvalue weighted by Gasteiger charge is 2.23. The number of aliphatic imine (C=N–C) groups is 1. The van der Waals surface area contributed by atoms with E-state index in [-0.39, 0.29) is 36.5 Å². The maximum Gasteiger partial charge on any atom is 0.258 e. The van der Waals surface area contributed by atoms with Crippen LogP contribution >= 0.6 is 24.0 Å². The molecule has 1 aliphatic rings. The molecule has 33 heavy (non-hydrogen) atoms. The number of nitrogens with zero attached hydrogens (tertiary/aromatic N) is 1. The lowest BCUT2D eigenvalue weighted by Gasteiger charge is -2.12. The quantitative estimate of drug-likeness (QED) is 0.150. The van der Waals surface area contributed by atoms with Gasteiger partial charge < -0.3 is 25.4 Å². The number of rotatable bonds is 13. The summed E-state index contributed by atoms with van der Waals surface area (Å²) in [6.07, 6.45) is 3.88. The van der Waals surface area contributed by atoms with Crippen molar-refractivity contribution in [3.05, 3.63) is 60.2 Å². The number of hydrogen-bond donors (Lipinski definition) is 3. The van der Waals surface area contributed by atoms with Crippen molar-refractivity contribution in [2.24, 2.45) is 4.99 Å². The number of para-hydroxylation sites is 1. The predicted octanol–water partition coefficient (Wildman–Crippen LogP) is 3.53. The van der Waals surface area contributed by atoms with E-state index < -0.39 is 0 Å². The number of nitrogens with one attached hydrogen (secondary N) is 3. The van der Waals surface area contributed by atoms with E-state index in [1.807, 2.05) is 54.6 Å². The SMILES string of the molecule is CCNC(=NCCCOc1ccccc1)NCCc1ccc(OCC(=O)NC2CC2)cc1.I. The minimum absolute atomic E-state index is 0. The van der Waals surface area contributed by atoms with Gasteiger partial charge in [-0.1, -0.05) is 30.3 Å². The minimum Gasteiger partial charge on any atom is -0.494 e. The van der Waals surface area contributed by atoms with Gasteiger partial charge >= 0.3 is 0 Å². The smallest absolute Gasteiger partial charge is 0.258 e. The van der Waals surface area contributed by atoms with Crippen LogP contribution in [0.25, 0.3) is 0 Å². The van der Waals surface area contributed by atoms with Crippen LogP contribution < -0.4 is 25.4 Å². The Bertz CT molecular complexity index is 842. The van der Waals surface area contributed by atoms with E-state index in [4.69, 9.17) is 9.47 Å². The summed E-state index contributed by atoms with van der Waals surface area (Å²) in [5.41, 5.74) is 1.19. The van der Waals surface area contributed by atoms with Crippen molar-refractivity contribution < 1.29 is 14.3 Å². The zero-order valence-corrected chi connectivity index (χ0v) is 21.5. The molecular formula is C25H35IN4O3. The number of ether oxygens (including phenoxy) is 2. The molecule has 7 nitrogen and oxygen atoms in total. The van der Waals surface area contributed by atoms with Crippen molar-refractivity contribution in [1.82, 2.24) is 16.0 Å². The van der Waals surface area contributed by atoms with Crippen LogP contribution in [0.15, 0.2) is 59.6 Å². The molecule has 0 saturated heterocycles. The third-order valence-corrected chi connectivity index (χ3v) is 4.87. The molecule has 1 aliphatic carbocycles. The first-order valence-electron chi connectivity index (χ1n) is 11.4. The van der Waals surface area contributed by atoms with E-state index in [2.05, 4.69) is 27.9 Å². The Kier molecular flexibility index (Phi) is 12.5. The number of guanidine groups is 1. The van der Waals surface area contributed by atoms with Crippen LogP contribution in [0.4, 0.5) is 0 Å². The molecule has 0 bridgehead atoms. The van der Waals surface area contributed by atoms with Crippen molar-refractivity contribution in [3.63, 3.8) is 0 Å². The van der Waals surface area contributed by atoms with Crippen LogP contribution in [0.1, 0.15) is 31.7 Å². The fourth-order valence-corrected chi connectivity index (χ4v) is 3.03. The first kappa shape index (κ1) is 26.8. The highest BCUT2D eigenvalue weighted by Crippen LogP contribution is 2.18. The van der Waals surface area contributed by atoms with E-state index >= 15 is 0 Å². The molecule has 3 rings (SSSR count). The van der Waals surface area contributed by atoms with Crippen LogP contribution in [-0.2, 0) is 11.2 Å². The molecule has 180 valence electrons. The van der Waals surface area contributed by atoms with Gasteiger partial charge in [-0.2, -0.15) is 0 Å². The van der Waals surface area contributed by atoms with Crippen molar-refractivity contribution >= 4 is 35.8 Å². The molecule has 0 atom stereocenters. The minimum atomic E-state index is -0.0531. The average molecular weight is 566 g/mol. The maximum absolute atomic E-state index is 11.7. The Morgan fingerprint density at radius 2 is 1.73 bits per heavy atom. The van der Waals surface area contributed by atoms with Crippen molar-refractivity contribution in [3.8, 4) is 11.5 Å². The second-order valence-corrected chi connectivity index (χ2v) is 7.73. The third kappa shape index (κ3) is 11.3. The van der Waals surface area contributed by atoms with Gasteiger partial charge in [0.05, 0.1) is 6.61 Å². The molecule has 0 aromatic heterocycles. The fourth-order valence-electron chi connectivity index (χ4n) is 3.03. The van der Waals surface area contributed by atoms with Gasteiger partial charge in [-0.05, 0) is 56.0 Å². The fraction of sp³-hybridized carbons (Fsp3) is 0.440. The predicted molar refractivity (Wildman–Crippen MR) is 143 cm³/mol. The summed E-state index contributed by atoms with van der Waals surface area (Å²) in [4.78, 5) is 16.3. The van der Waals surface area contributed by atoms with E-state index in [0.717, 1.165) is 50.5 Å². The van der Waals surface area contributed by atoms with E-state index in [1.165, 1.54) is 5.56 Å². The normalized spacial score (nSPS) is 12.9. The topological polar surface area (TPSA) is 84.0 Å². The Morgan fingerprint density at radius 1 is 1.00 bits per heavy atom. The van der Waals surface area contributed by atoms with Gasteiger partial charge in [-0.25, -0.2) is 0 Å². The summed E-state index contributed by atoms with van der Waals surface area (Å²) in [6.45, 7) is 5.05. The average Bonchev–Trinajstić information content (AvgIpc) is 3.63. The van der Waals surface area contributed by atoms with Crippen LogP contribution in [-0.4, -0.2) is 50.8 Å². The molecule has 2 aromatic rings. The Morgan fingerprint density at radius 3 is 2.42 bits per heavy atom. The van der Waals surface area contributed by atoms with Crippen LogP contribution in [0, 0.1) is 0 Å². The maximum atomic E-state index is 11.7. The van der Waals surface area contributed by atoms with E-state index in [9.17, 15) is 4.79 Å². The molecule has 3 N–H and O–H groups in total. The number of carbonyl (C=O) groups is 1. The van der Waals surface area contributed by atoms with Gasteiger partial charge in [0, 0.05) is 32.1 Å². The first-order valence-corrected chi connectivity index (χ1v) is 11.4. The van der Waals surface area contributed by atoms with Crippen molar-refractivity contribution in [2.75, 3.05) is 32.8 Å². The monoisotopic (exact) mass is 566 g/mol. The Hall–Kier alpha value is -2.49. The lowest BCUT2D eigenvalue weighted by Crippen LogP contribution is -2.38.